The van der Waals surface area contributed by atoms with Gasteiger partial charge in [0.1, 0.15) is 17.4 Å². The summed E-state index contributed by atoms with van der Waals surface area (Å²) in [7, 11) is 0. The Bertz CT molecular complexity index is 664. The minimum Gasteiger partial charge on any atom is -0.508 e. The van der Waals surface area contributed by atoms with Crippen LogP contribution in [0.5, 0.6) is 5.75 Å². The number of hydrogen-bond donors (Lipinski definition) is 3. The van der Waals surface area contributed by atoms with Crippen molar-refractivity contribution in [1.82, 2.24) is 0 Å². The molecule has 0 fully saturated rings. The fourth-order valence-corrected chi connectivity index (χ4v) is 2.00. The standard InChI is InChI=1S/C15H18O7/c16-3-4-20-5-6-21-14(9-17)12-7-10-1-2-11(18)8-13(10)22-15(12)19/h1-2,7-8,14,16-18H,3-6,9H2. The van der Waals surface area contributed by atoms with E-state index in [4.69, 9.17) is 19.0 Å². The van der Waals surface area contributed by atoms with Gasteiger partial charge < -0.3 is 29.2 Å². The molecular weight excluding hydrogens is 292 g/mol. The van der Waals surface area contributed by atoms with Crippen molar-refractivity contribution in [2.75, 3.05) is 33.0 Å². The molecule has 2 aromatic rings. The van der Waals surface area contributed by atoms with Crippen LogP contribution in [0.25, 0.3) is 11.0 Å². The van der Waals surface area contributed by atoms with Crippen molar-refractivity contribution in [2.24, 2.45) is 0 Å². The summed E-state index contributed by atoms with van der Waals surface area (Å²) < 4.78 is 15.6. The highest BCUT2D eigenvalue weighted by Crippen LogP contribution is 2.22. The molecule has 22 heavy (non-hydrogen) atoms. The Morgan fingerprint density at radius 1 is 1.14 bits per heavy atom. The average molecular weight is 310 g/mol. The molecule has 0 aliphatic rings. The van der Waals surface area contributed by atoms with E-state index in [0.29, 0.717) is 5.39 Å². The predicted octanol–water partition coefficient (Wildman–Crippen LogP) is 0.557. The Hall–Kier alpha value is -1.93. The highest BCUT2D eigenvalue weighted by atomic mass is 16.5. The lowest BCUT2D eigenvalue weighted by molar-refractivity contribution is -0.0259. The van der Waals surface area contributed by atoms with Gasteiger partial charge in [-0.3, -0.25) is 0 Å². The van der Waals surface area contributed by atoms with Crippen molar-refractivity contribution < 1.29 is 29.2 Å². The van der Waals surface area contributed by atoms with E-state index in [1.807, 2.05) is 0 Å². The van der Waals surface area contributed by atoms with Crippen molar-refractivity contribution in [3.8, 4) is 5.75 Å². The summed E-state index contributed by atoms with van der Waals surface area (Å²) in [5.41, 5.74) is -0.173. The van der Waals surface area contributed by atoms with Crippen LogP contribution in [0.4, 0.5) is 0 Å². The van der Waals surface area contributed by atoms with E-state index >= 15 is 0 Å². The summed E-state index contributed by atoms with van der Waals surface area (Å²) in [4.78, 5) is 12.0. The molecule has 0 saturated carbocycles. The van der Waals surface area contributed by atoms with E-state index in [1.54, 1.807) is 12.1 Å². The number of ether oxygens (including phenoxy) is 2. The van der Waals surface area contributed by atoms with Gasteiger partial charge in [0, 0.05) is 11.5 Å². The molecule has 2 rings (SSSR count). The zero-order chi connectivity index (χ0) is 15.9. The van der Waals surface area contributed by atoms with E-state index in [9.17, 15) is 15.0 Å². The van der Waals surface area contributed by atoms with Crippen LogP contribution < -0.4 is 5.63 Å². The normalized spacial score (nSPS) is 12.6. The summed E-state index contributed by atoms with van der Waals surface area (Å²) in [6.07, 6.45) is -0.827. The summed E-state index contributed by atoms with van der Waals surface area (Å²) >= 11 is 0. The van der Waals surface area contributed by atoms with Gasteiger partial charge in [0.15, 0.2) is 0 Å². The first-order valence-corrected chi connectivity index (χ1v) is 6.83. The maximum absolute atomic E-state index is 12.0. The van der Waals surface area contributed by atoms with Crippen molar-refractivity contribution in [3.63, 3.8) is 0 Å². The van der Waals surface area contributed by atoms with Crippen LogP contribution >= 0.6 is 0 Å². The Labute approximate surface area is 126 Å². The number of fused-ring (bicyclic) bond motifs is 1. The zero-order valence-electron chi connectivity index (χ0n) is 11.9. The van der Waals surface area contributed by atoms with Crippen LogP contribution in [0.1, 0.15) is 11.7 Å². The monoisotopic (exact) mass is 310 g/mol. The first-order valence-electron chi connectivity index (χ1n) is 6.83. The quantitative estimate of drug-likeness (QED) is 0.482. The SMILES string of the molecule is O=c1oc2cc(O)ccc2cc1C(CO)OCCOCCO. The van der Waals surface area contributed by atoms with Gasteiger partial charge in [-0.2, -0.15) is 0 Å². The molecule has 120 valence electrons. The van der Waals surface area contributed by atoms with Gasteiger partial charge in [-0.15, -0.1) is 0 Å². The first kappa shape index (κ1) is 16.4. The summed E-state index contributed by atoms with van der Waals surface area (Å²) in [6.45, 7) is 0.149. The highest BCUT2D eigenvalue weighted by Gasteiger charge is 2.17. The second-order valence-corrected chi connectivity index (χ2v) is 4.59. The molecule has 1 unspecified atom stereocenters. The molecular formula is C15H18O7. The maximum atomic E-state index is 12.0. The van der Waals surface area contributed by atoms with Gasteiger partial charge in [0.25, 0.3) is 0 Å². The molecule has 0 saturated heterocycles. The molecule has 1 aromatic carbocycles. The molecule has 0 radical (unpaired) electrons. The van der Waals surface area contributed by atoms with E-state index in [1.165, 1.54) is 12.1 Å². The molecule has 1 aromatic heterocycles. The average Bonchev–Trinajstić information content (AvgIpc) is 2.51. The number of phenols is 1. The van der Waals surface area contributed by atoms with Crippen LogP contribution in [-0.4, -0.2) is 48.4 Å². The number of aromatic hydroxyl groups is 1. The number of aliphatic hydroxyl groups is 2. The van der Waals surface area contributed by atoms with Crippen LogP contribution in [0.2, 0.25) is 0 Å². The minimum atomic E-state index is -0.827. The number of aliphatic hydroxyl groups excluding tert-OH is 2. The zero-order valence-corrected chi connectivity index (χ0v) is 11.9. The number of benzene rings is 1. The topological polar surface area (TPSA) is 109 Å². The van der Waals surface area contributed by atoms with Crippen molar-refractivity contribution in [2.45, 2.75) is 6.10 Å². The number of rotatable bonds is 8. The summed E-state index contributed by atoms with van der Waals surface area (Å²) in [6, 6.07) is 5.99. The maximum Gasteiger partial charge on any atom is 0.342 e. The Kier molecular flexibility index (Phi) is 5.91. The van der Waals surface area contributed by atoms with E-state index in [2.05, 4.69) is 0 Å². The van der Waals surface area contributed by atoms with E-state index < -0.39 is 11.7 Å². The van der Waals surface area contributed by atoms with E-state index in [-0.39, 0.29) is 49.9 Å². The van der Waals surface area contributed by atoms with Gasteiger partial charge in [0.05, 0.1) is 38.6 Å². The lowest BCUT2D eigenvalue weighted by Gasteiger charge is -2.15. The Morgan fingerprint density at radius 3 is 2.68 bits per heavy atom. The fraction of sp³-hybridized carbons (Fsp3) is 0.400. The largest absolute Gasteiger partial charge is 0.508 e. The van der Waals surface area contributed by atoms with Gasteiger partial charge in [-0.05, 0) is 18.2 Å². The van der Waals surface area contributed by atoms with Crippen molar-refractivity contribution in [1.29, 1.82) is 0 Å². The highest BCUT2D eigenvalue weighted by molar-refractivity contribution is 5.78. The van der Waals surface area contributed by atoms with Crippen LogP contribution in [0.15, 0.2) is 33.5 Å². The second kappa shape index (κ2) is 7.90. The molecule has 0 amide bonds. The van der Waals surface area contributed by atoms with Gasteiger partial charge in [-0.25, -0.2) is 4.79 Å². The lowest BCUT2D eigenvalue weighted by Crippen LogP contribution is -2.20. The van der Waals surface area contributed by atoms with Crippen molar-refractivity contribution in [3.05, 3.63) is 40.2 Å². The minimum absolute atomic E-state index is 0.000565. The molecule has 0 bridgehead atoms. The van der Waals surface area contributed by atoms with Crippen LogP contribution in [0, 0.1) is 0 Å². The summed E-state index contributed by atoms with van der Waals surface area (Å²) in [5, 5.41) is 28.0. The molecule has 1 atom stereocenters. The predicted molar refractivity (Wildman–Crippen MR) is 77.8 cm³/mol. The van der Waals surface area contributed by atoms with Crippen LogP contribution in [0.3, 0.4) is 0 Å². The van der Waals surface area contributed by atoms with E-state index in [0.717, 1.165) is 0 Å². The third kappa shape index (κ3) is 4.05. The Morgan fingerprint density at radius 2 is 1.95 bits per heavy atom. The third-order valence-corrected chi connectivity index (χ3v) is 3.04. The van der Waals surface area contributed by atoms with Crippen LogP contribution in [-0.2, 0) is 9.47 Å². The van der Waals surface area contributed by atoms with Crippen molar-refractivity contribution >= 4 is 11.0 Å². The number of phenolic OH excluding ortho intramolecular Hbond substituents is 1. The smallest absolute Gasteiger partial charge is 0.342 e. The molecule has 1 heterocycles. The second-order valence-electron chi connectivity index (χ2n) is 4.59. The molecule has 7 heteroatoms. The molecule has 7 nitrogen and oxygen atoms in total. The fourth-order valence-electron chi connectivity index (χ4n) is 2.00. The van der Waals surface area contributed by atoms with Gasteiger partial charge in [-0.1, -0.05) is 0 Å². The molecule has 0 aliphatic heterocycles. The Balaban J connectivity index is 2.14. The molecule has 0 spiro atoms. The number of hydrogen-bond acceptors (Lipinski definition) is 7. The van der Waals surface area contributed by atoms with Gasteiger partial charge >= 0.3 is 5.63 Å². The third-order valence-electron chi connectivity index (χ3n) is 3.04. The summed E-state index contributed by atoms with van der Waals surface area (Å²) in [5.74, 6) is -0.000565. The molecule has 3 N–H and O–H groups in total. The first-order chi connectivity index (χ1) is 10.7. The lowest BCUT2D eigenvalue weighted by atomic mass is 10.1. The van der Waals surface area contributed by atoms with Gasteiger partial charge in [0.2, 0.25) is 0 Å². The molecule has 0 aliphatic carbocycles.